The van der Waals surface area contributed by atoms with Gasteiger partial charge in [0.2, 0.25) is 0 Å². The minimum atomic E-state index is -0.385. The Morgan fingerprint density at radius 1 is 1.05 bits per heavy atom. The minimum absolute atomic E-state index is 0.199. The molecule has 0 saturated heterocycles. The molecule has 0 bridgehead atoms. The Morgan fingerprint density at radius 2 is 1.73 bits per heavy atom. The molecule has 1 heterocycles. The smallest absolute Gasteiger partial charge is 0.304 e. The largest absolute Gasteiger partial charge is 0.493 e. The predicted molar refractivity (Wildman–Crippen MR) is 82.9 cm³/mol. The van der Waals surface area contributed by atoms with E-state index in [0.29, 0.717) is 17.3 Å². The van der Waals surface area contributed by atoms with Crippen molar-refractivity contribution < 1.29 is 9.53 Å². The van der Waals surface area contributed by atoms with Crippen LogP contribution in [0.25, 0.3) is 6.08 Å². The summed E-state index contributed by atoms with van der Waals surface area (Å²) in [5.41, 5.74) is 3.97. The summed E-state index contributed by atoms with van der Waals surface area (Å²) in [6.45, 7) is 2.50. The number of para-hydroxylation sites is 3. The molecule has 0 atom stereocenters. The van der Waals surface area contributed by atoms with Crippen LogP contribution in [0.5, 0.6) is 5.75 Å². The molecule has 0 aromatic heterocycles. The molecule has 0 N–H and O–H groups in total. The van der Waals surface area contributed by atoms with Crippen LogP contribution in [0.4, 0.5) is 0 Å². The number of carbonyl (C=O) groups is 1. The lowest BCUT2D eigenvalue weighted by atomic mass is 10.2. The second-order valence-electron chi connectivity index (χ2n) is 4.63. The molecule has 108 valence electrons. The monoisotopic (exact) mass is 290 g/mol. The number of ether oxygens (including phenoxy) is 1. The third-order valence-corrected chi connectivity index (χ3v) is 3.12. The van der Waals surface area contributed by atoms with E-state index in [1.807, 2.05) is 49.4 Å². The first-order valence-corrected chi connectivity index (χ1v) is 7.03. The van der Waals surface area contributed by atoms with Gasteiger partial charge in [-0.1, -0.05) is 36.1 Å². The van der Waals surface area contributed by atoms with Crippen LogP contribution in [0.1, 0.15) is 12.5 Å². The van der Waals surface area contributed by atoms with Gasteiger partial charge >= 0.3 is 5.91 Å². The fourth-order valence-electron chi connectivity index (χ4n) is 2.11. The lowest BCUT2D eigenvalue weighted by Gasteiger charge is -2.05. The van der Waals surface area contributed by atoms with Gasteiger partial charge in [0, 0.05) is 5.56 Å². The van der Waals surface area contributed by atoms with Crippen LogP contribution in [0.3, 0.4) is 0 Å². The zero-order valence-electron chi connectivity index (χ0n) is 12.1. The van der Waals surface area contributed by atoms with Gasteiger partial charge < -0.3 is 4.74 Å². The minimum Gasteiger partial charge on any atom is -0.493 e. The van der Waals surface area contributed by atoms with Gasteiger partial charge in [0.05, 0.1) is 17.3 Å². The molecule has 2 aromatic carbocycles. The summed E-state index contributed by atoms with van der Waals surface area (Å²) in [7, 11) is 0. The number of benzene rings is 2. The molecule has 1 aliphatic rings. The van der Waals surface area contributed by atoms with E-state index < -0.39 is 0 Å². The van der Waals surface area contributed by atoms with Crippen molar-refractivity contribution in [1.29, 1.82) is 0 Å². The molecule has 0 unspecified atom stereocenters. The zero-order valence-corrected chi connectivity index (χ0v) is 12.1. The molecule has 4 nitrogen and oxygen atoms in total. The van der Waals surface area contributed by atoms with Crippen molar-refractivity contribution in [2.24, 2.45) is 9.98 Å². The Balaban J connectivity index is 2.06. The standard InChI is InChI=1S/C18H14N2O2/c1-2-22-17-10-6-3-7-13(17)11-12-16-18(21)20-15-9-5-4-8-14(15)19-16/h3-11H,2H2,1H3. The number of nitrogens with zero attached hydrogens (tertiary/aromatic N) is 2. The SMILES string of the molecule is CCOc1ccccc1C=C=C1N=c2ccccc2=NC1=O. The lowest BCUT2D eigenvalue weighted by Crippen LogP contribution is -2.30. The summed E-state index contributed by atoms with van der Waals surface area (Å²) in [5.74, 6) is 0.363. The van der Waals surface area contributed by atoms with Gasteiger partial charge in [-0.2, -0.15) is 0 Å². The van der Waals surface area contributed by atoms with Crippen molar-refractivity contribution >= 4 is 12.0 Å². The first-order valence-electron chi connectivity index (χ1n) is 7.03. The van der Waals surface area contributed by atoms with Crippen molar-refractivity contribution in [1.82, 2.24) is 0 Å². The Hall–Kier alpha value is -2.97. The summed E-state index contributed by atoms with van der Waals surface area (Å²) in [5, 5.41) is 1.27. The van der Waals surface area contributed by atoms with Crippen molar-refractivity contribution in [2.75, 3.05) is 6.61 Å². The van der Waals surface area contributed by atoms with E-state index in [0.717, 1.165) is 11.3 Å². The maximum atomic E-state index is 12.0. The van der Waals surface area contributed by atoms with Crippen molar-refractivity contribution in [3.05, 3.63) is 76.2 Å². The van der Waals surface area contributed by atoms with E-state index in [1.165, 1.54) is 0 Å². The van der Waals surface area contributed by atoms with Gasteiger partial charge in [0.25, 0.3) is 0 Å². The number of carbonyl (C=O) groups excluding carboxylic acids is 1. The molecule has 1 aliphatic heterocycles. The van der Waals surface area contributed by atoms with E-state index in [1.54, 1.807) is 12.1 Å². The highest BCUT2D eigenvalue weighted by Gasteiger charge is 2.10. The van der Waals surface area contributed by atoms with Crippen molar-refractivity contribution in [2.45, 2.75) is 6.92 Å². The number of amides is 1. The van der Waals surface area contributed by atoms with Crippen LogP contribution in [-0.4, -0.2) is 12.5 Å². The molecule has 1 amide bonds. The maximum Gasteiger partial charge on any atom is 0.304 e. The van der Waals surface area contributed by atoms with Gasteiger partial charge in [-0.05, 0) is 31.2 Å². The molecule has 0 spiro atoms. The second kappa shape index (κ2) is 6.20. The van der Waals surface area contributed by atoms with E-state index in [-0.39, 0.29) is 11.6 Å². The van der Waals surface area contributed by atoms with Crippen LogP contribution in [0.2, 0.25) is 0 Å². The highest BCUT2D eigenvalue weighted by molar-refractivity contribution is 5.94. The number of hydrogen-bond donors (Lipinski definition) is 0. The van der Waals surface area contributed by atoms with Crippen LogP contribution in [0.15, 0.2) is 69.9 Å². The molecule has 2 aromatic rings. The highest BCUT2D eigenvalue weighted by Crippen LogP contribution is 2.19. The van der Waals surface area contributed by atoms with Crippen LogP contribution in [-0.2, 0) is 4.79 Å². The van der Waals surface area contributed by atoms with Crippen molar-refractivity contribution in [3.63, 3.8) is 0 Å². The Kier molecular flexibility index (Phi) is 3.95. The molecule has 0 aliphatic carbocycles. The number of fused-ring (bicyclic) bond motifs is 1. The van der Waals surface area contributed by atoms with E-state index in [2.05, 4.69) is 15.7 Å². The fraction of sp³-hybridized carbons (Fsp3) is 0.111. The molecular formula is C18H14N2O2. The van der Waals surface area contributed by atoms with E-state index >= 15 is 0 Å². The Morgan fingerprint density at radius 3 is 2.50 bits per heavy atom. The topological polar surface area (TPSA) is 51.0 Å². The van der Waals surface area contributed by atoms with E-state index in [9.17, 15) is 4.79 Å². The Bertz CT molecular complexity index is 907. The average Bonchev–Trinajstić information content (AvgIpc) is 2.54. The highest BCUT2D eigenvalue weighted by atomic mass is 16.5. The van der Waals surface area contributed by atoms with Crippen LogP contribution >= 0.6 is 0 Å². The molecule has 0 radical (unpaired) electrons. The third kappa shape index (κ3) is 2.87. The van der Waals surface area contributed by atoms with Crippen molar-refractivity contribution in [3.8, 4) is 5.75 Å². The lowest BCUT2D eigenvalue weighted by molar-refractivity contribution is -0.114. The summed E-state index contributed by atoms with van der Waals surface area (Å²) in [6, 6.07) is 14.9. The van der Waals surface area contributed by atoms with Gasteiger partial charge in [-0.3, -0.25) is 4.79 Å². The zero-order chi connectivity index (χ0) is 15.4. The third-order valence-electron chi connectivity index (χ3n) is 3.12. The fourth-order valence-corrected chi connectivity index (χ4v) is 2.11. The van der Waals surface area contributed by atoms with E-state index in [4.69, 9.17) is 4.74 Å². The predicted octanol–water partition coefficient (Wildman–Crippen LogP) is 2.06. The number of hydrogen-bond acceptors (Lipinski definition) is 3. The summed E-state index contributed by atoms with van der Waals surface area (Å²) in [6.07, 6.45) is 1.70. The van der Waals surface area contributed by atoms with Gasteiger partial charge in [-0.15, -0.1) is 0 Å². The quantitative estimate of drug-likeness (QED) is 0.642. The molecule has 22 heavy (non-hydrogen) atoms. The summed E-state index contributed by atoms with van der Waals surface area (Å²) >= 11 is 0. The molecule has 0 saturated carbocycles. The van der Waals surface area contributed by atoms with Crippen LogP contribution in [0, 0.1) is 0 Å². The van der Waals surface area contributed by atoms with Crippen LogP contribution < -0.4 is 15.5 Å². The average molecular weight is 290 g/mol. The summed E-state index contributed by atoms with van der Waals surface area (Å²) < 4.78 is 5.54. The normalized spacial score (nSPS) is 12.6. The molecular weight excluding hydrogens is 276 g/mol. The van der Waals surface area contributed by atoms with Gasteiger partial charge in [0.1, 0.15) is 5.75 Å². The van der Waals surface area contributed by atoms with Gasteiger partial charge in [-0.25, -0.2) is 9.98 Å². The number of rotatable bonds is 3. The first kappa shape index (κ1) is 14.0. The molecule has 3 rings (SSSR count). The van der Waals surface area contributed by atoms with Gasteiger partial charge in [0.15, 0.2) is 5.70 Å². The molecule has 0 fully saturated rings. The second-order valence-corrected chi connectivity index (χ2v) is 4.63. The molecule has 4 heteroatoms. The maximum absolute atomic E-state index is 12.0. The Labute approximate surface area is 127 Å². The first-order chi connectivity index (χ1) is 10.8. The summed E-state index contributed by atoms with van der Waals surface area (Å²) in [4.78, 5) is 20.3.